The zero-order valence-electron chi connectivity index (χ0n) is 14.6. The first kappa shape index (κ1) is 17.2. The Hall–Kier alpha value is -2.66. The molecule has 0 fully saturated rings. The highest BCUT2D eigenvalue weighted by molar-refractivity contribution is 5.52. The lowest BCUT2D eigenvalue weighted by molar-refractivity contribution is 0.544. The van der Waals surface area contributed by atoms with Gasteiger partial charge in [-0.3, -0.25) is 5.10 Å². The summed E-state index contributed by atoms with van der Waals surface area (Å²) in [4.78, 5) is 4.49. The van der Waals surface area contributed by atoms with Crippen molar-refractivity contribution in [2.75, 3.05) is 11.9 Å². The maximum atomic E-state index is 4.49. The number of anilines is 2. The summed E-state index contributed by atoms with van der Waals surface area (Å²) in [6, 6.07) is 20.9. The fourth-order valence-corrected chi connectivity index (χ4v) is 2.71. The van der Waals surface area contributed by atoms with Gasteiger partial charge in [0, 0.05) is 18.2 Å². The molecule has 0 saturated carbocycles. The van der Waals surface area contributed by atoms with Crippen LogP contribution >= 0.6 is 0 Å². The number of hydrogen-bond acceptors (Lipinski definition) is 4. The molecule has 3 rings (SSSR count). The molecule has 0 aliphatic rings. The Kier molecular flexibility index (Phi) is 6.17. The lowest BCUT2D eigenvalue weighted by Gasteiger charge is -2.13. The van der Waals surface area contributed by atoms with Crippen LogP contribution in [0.4, 0.5) is 11.6 Å². The first-order chi connectivity index (χ1) is 12.3. The van der Waals surface area contributed by atoms with Crippen molar-refractivity contribution < 1.29 is 0 Å². The SMILES string of the molecule is C[C@H](NCCCCc1nc(Nc2ccccc2)n[nH]1)c1ccccc1. The summed E-state index contributed by atoms with van der Waals surface area (Å²) in [5, 5.41) is 14.0. The van der Waals surface area contributed by atoms with Crippen LogP contribution in [0.15, 0.2) is 60.7 Å². The molecule has 3 aromatic rings. The first-order valence-corrected chi connectivity index (χ1v) is 8.83. The average molecular weight is 335 g/mol. The van der Waals surface area contributed by atoms with Gasteiger partial charge in [-0.15, -0.1) is 5.10 Å². The molecule has 0 unspecified atom stereocenters. The van der Waals surface area contributed by atoms with E-state index in [2.05, 4.69) is 63.1 Å². The highest BCUT2D eigenvalue weighted by Gasteiger charge is 2.05. The van der Waals surface area contributed by atoms with E-state index in [1.807, 2.05) is 30.3 Å². The van der Waals surface area contributed by atoms with Gasteiger partial charge in [-0.1, -0.05) is 48.5 Å². The molecule has 0 aliphatic carbocycles. The van der Waals surface area contributed by atoms with E-state index in [1.54, 1.807) is 0 Å². The number of benzene rings is 2. The van der Waals surface area contributed by atoms with Crippen LogP contribution in [-0.2, 0) is 6.42 Å². The molecule has 3 N–H and O–H groups in total. The van der Waals surface area contributed by atoms with Gasteiger partial charge in [0.1, 0.15) is 5.82 Å². The zero-order chi connectivity index (χ0) is 17.3. The standard InChI is InChI=1S/C20H25N5/c1-16(17-10-4-2-5-11-17)21-15-9-8-14-19-23-20(25-24-19)22-18-12-6-3-7-13-18/h2-7,10-13,16,21H,8-9,14-15H2,1H3,(H2,22,23,24,25)/t16-/m0/s1. The Labute approximate surface area is 148 Å². The Bertz CT molecular complexity index is 739. The molecule has 1 atom stereocenters. The maximum Gasteiger partial charge on any atom is 0.246 e. The van der Waals surface area contributed by atoms with Gasteiger partial charge in [0.05, 0.1) is 0 Å². The molecule has 130 valence electrons. The highest BCUT2D eigenvalue weighted by Crippen LogP contribution is 2.13. The van der Waals surface area contributed by atoms with E-state index in [9.17, 15) is 0 Å². The number of nitrogens with one attached hydrogen (secondary N) is 3. The van der Waals surface area contributed by atoms with Gasteiger partial charge in [0.2, 0.25) is 5.95 Å². The number of H-pyrrole nitrogens is 1. The van der Waals surface area contributed by atoms with Gasteiger partial charge in [-0.2, -0.15) is 4.98 Å². The van der Waals surface area contributed by atoms with Crippen LogP contribution in [-0.4, -0.2) is 21.7 Å². The molecular weight excluding hydrogens is 310 g/mol. The van der Waals surface area contributed by atoms with E-state index in [1.165, 1.54) is 5.56 Å². The maximum absolute atomic E-state index is 4.49. The molecule has 0 saturated heterocycles. The van der Waals surface area contributed by atoms with E-state index in [0.717, 1.165) is 37.3 Å². The number of para-hydroxylation sites is 1. The summed E-state index contributed by atoms with van der Waals surface area (Å²) >= 11 is 0. The molecule has 0 radical (unpaired) electrons. The van der Waals surface area contributed by atoms with Crippen LogP contribution in [0.2, 0.25) is 0 Å². The van der Waals surface area contributed by atoms with Crippen LogP contribution in [0.5, 0.6) is 0 Å². The summed E-state index contributed by atoms with van der Waals surface area (Å²) in [6.45, 7) is 3.20. The van der Waals surface area contributed by atoms with Gasteiger partial charge in [0.15, 0.2) is 0 Å². The molecule has 1 aromatic heterocycles. The van der Waals surface area contributed by atoms with E-state index < -0.39 is 0 Å². The minimum atomic E-state index is 0.383. The number of unbranched alkanes of at least 4 members (excludes halogenated alkanes) is 1. The molecule has 5 nitrogen and oxygen atoms in total. The lowest BCUT2D eigenvalue weighted by Crippen LogP contribution is -2.19. The minimum Gasteiger partial charge on any atom is -0.323 e. The summed E-state index contributed by atoms with van der Waals surface area (Å²) < 4.78 is 0. The lowest BCUT2D eigenvalue weighted by atomic mass is 10.1. The second kappa shape index (κ2) is 8.99. The summed E-state index contributed by atoms with van der Waals surface area (Å²) in [7, 11) is 0. The largest absolute Gasteiger partial charge is 0.323 e. The fourth-order valence-electron chi connectivity index (χ4n) is 2.71. The van der Waals surface area contributed by atoms with E-state index in [0.29, 0.717) is 12.0 Å². The van der Waals surface area contributed by atoms with Crippen molar-refractivity contribution in [3.05, 3.63) is 72.1 Å². The summed E-state index contributed by atoms with van der Waals surface area (Å²) in [6.07, 6.45) is 3.10. The normalized spacial score (nSPS) is 12.0. The zero-order valence-corrected chi connectivity index (χ0v) is 14.6. The van der Waals surface area contributed by atoms with Crippen molar-refractivity contribution in [3.8, 4) is 0 Å². The second-order valence-electron chi connectivity index (χ2n) is 6.14. The predicted molar refractivity (Wildman–Crippen MR) is 102 cm³/mol. The van der Waals surface area contributed by atoms with Crippen molar-refractivity contribution in [2.24, 2.45) is 0 Å². The van der Waals surface area contributed by atoms with E-state index in [4.69, 9.17) is 0 Å². The summed E-state index contributed by atoms with van der Waals surface area (Å²) in [5.74, 6) is 1.55. The quantitative estimate of drug-likeness (QED) is 0.512. The molecule has 25 heavy (non-hydrogen) atoms. The second-order valence-corrected chi connectivity index (χ2v) is 6.14. The van der Waals surface area contributed by atoms with Crippen molar-refractivity contribution >= 4 is 11.6 Å². The average Bonchev–Trinajstić information content (AvgIpc) is 3.10. The highest BCUT2D eigenvalue weighted by atomic mass is 15.3. The van der Waals surface area contributed by atoms with Crippen LogP contribution in [0.3, 0.4) is 0 Å². The van der Waals surface area contributed by atoms with Crippen molar-refractivity contribution in [2.45, 2.75) is 32.2 Å². The van der Waals surface area contributed by atoms with Gasteiger partial charge in [-0.05, 0) is 44.0 Å². The first-order valence-electron chi connectivity index (χ1n) is 8.83. The topological polar surface area (TPSA) is 65.6 Å². The van der Waals surface area contributed by atoms with Crippen molar-refractivity contribution in [3.63, 3.8) is 0 Å². The number of hydrogen-bond donors (Lipinski definition) is 3. The molecular formula is C20H25N5. The minimum absolute atomic E-state index is 0.383. The van der Waals surface area contributed by atoms with Crippen LogP contribution in [0.25, 0.3) is 0 Å². The van der Waals surface area contributed by atoms with Crippen molar-refractivity contribution in [1.29, 1.82) is 0 Å². The van der Waals surface area contributed by atoms with E-state index in [-0.39, 0.29) is 0 Å². The predicted octanol–water partition coefficient (Wildman–Crippen LogP) is 4.22. The monoisotopic (exact) mass is 335 g/mol. The third-order valence-electron chi connectivity index (χ3n) is 4.15. The van der Waals surface area contributed by atoms with Crippen LogP contribution < -0.4 is 10.6 Å². The smallest absolute Gasteiger partial charge is 0.246 e. The third kappa shape index (κ3) is 5.43. The van der Waals surface area contributed by atoms with Crippen LogP contribution in [0, 0.1) is 0 Å². The van der Waals surface area contributed by atoms with Gasteiger partial charge >= 0.3 is 0 Å². The van der Waals surface area contributed by atoms with E-state index >= 15 is 0 Å². The number of aromatic amines is 1. The number of nitrogens with zero attached hydrogens (tertiary/aromatic N) is 2. The van der Waals surface area contributed by atoms with Gasteiger partial charge in [-0.25, -0.2) is 0 Å². The summed E-state index contributed by atoms with van der Waals surface area (Å²) in [5.41, 5.74) is 2.32. The Balaban J connectivity index is 1.35. The van der Waals surface area contributed by atoms with Crippen LogP contribution in [0.1, 0.15) is 37.2 Å². The number of aromatic nitrogens is 3. The molecule has 1 heterocycles. The third-order valence-corrected chi connectivity index (χ3v) is 4.15. The Morgan fingerprint density at radius 1 is 0.960 bits per heavy atom. The molecule has 0 spiro atoms. The molecule has 0 bridgehead atoms. The molecule has 0 aliphatic heterocycles. The van der Waals surface area contributed by atoms with Gasteiger partial charge in [0.25, 0.3) is 0 Å². The molecule has 2 aromatic carbocycles. The number of rotatable bonds is 9. The molecule has 5 heteroatoms. The number of aryl methyl sites for hydroxylation is 1. The Morgan fingerprint density at radius 3 is 2.44 bits per heavy atom. The fraction of sp³-hybridized carbons (Fsp3) is 0.300. The van der Waals surface area contributed by atoms with Crippen molar-refractivity contribution in [1.82, 2.24) is 20.5 Å². The Morgan fingerprint density at radius 2 is 1.68 bits per heavy atom. The molecule has 0 amide bonds. The van der Waals surface area contributed by atoms with Gasteiger partial charge < -0.3 is 10.6 Å².